The number of aliphatic imine (C=N–C) groups is 1. The zero-order valence-corrected chi connectivity index (χ0v) is 10.7. The van der Waals surface area contributed by atoms with Crippen molar-refractivity contribution in [3.05, 3.63) is 35.9 Å². The van der Waals surface area contributed by atoms with E-state index in [1.165, 1.54) is 32.1 Å². The summed E-state index contributed by atoms with van der Waals surface area (Å²) in [7, 11) is 0. The summed E-state index contributed by atoms with van der Waals surface area (Å²) in [6, 6.07) is 10.0. The summed E-state index contributed by atoms with van der Waals surface area (Å²) < 4.78 is 0. The Labute approximate surface area is 104 Å². The van der Waals surface area contributed by atoms with Gasteiger partial charge in [0.1, 0.15) is 5.84 Å². The van der Waals surface area contributed by atoms with Gasteiger partial charge in [-0.15, -0.1) is 0 Å². The summed E-state index contributed by atoms with van der Waals surface area (Å²) in [5.41, 5.74) is 7.51. The lowest BCUT2D eigenvalue weighted by Crippen LogP contribution is -2.22. The van der Waals surface area contributed by atoms with Crippen LogP contribution in [0.1, 0.15) is 44.6 Å². The van der Waals surface area contributed by atoms with E-state index in [0.717, 1.165) is 12.1 Å². The van der Waals surface area contributed by atoms with Gasteiger partial charge in [0, 0.05) is 12.1 Å². The van der Waals surface area contributed by atoms with Gasteiger partial charge >= 0.3 is 0 Å². The molecular weight excluding hydrogens is 208 g/mol. The topological polar surface area (TPSA) is 38.4 Å². The van der Waals surface area contributed by atoms with E-state index in [9.17, 15) is 0 Å². The molecule has 0 atom stereocenters. The monoisotopic (exact) mass is 230 g/mol. The Morgan fingerprint density at radius 1 is 1.24 bits per heavy atom. The highest BCUT2D eigenvalue weighted by atomic mass is 14.9. The minimum Gasteiger partial charge on any atom is -0.384 e. The van der Waals surface area contributed by atoms with Crippen LogP contribution < -0.4 is 5.73 Å². The number of hydrogen-bond acceptors (Lipinski definition) is 1. The lowest BCUT2D eigenvalue weighted by molar-refractivity contribution is 0.298. The maximum atomic E-state index is 6.04. The highest BCUT2D eigenvalue weighted by molar-refractivity contribution is 5.97. The molecule has 1 aromatic rings. The molecule has 0 bridgehead atoms. The quantitative estimate of drug-likeness (QED) is 0.625. The minimum atomic E-state index is 0.430. The van der Waals surface area contributed by atoms with E-state index in [1.807, 2.05) is 30.3 Å². The van der Waals surface area contributed by atoms with Crippen LogP contribution in [0.2, 0.25) is 0 Å². The average Bonchev–Trinajstić information content (AvgIpc) is 2.86. The van der Waals surface area contributed by atoms with Gasteiger partial charge < -0.3 is 5.73 Å². The highest BCUT2D eigenvalue weighted by Crippen LogP contribution is 2.41. The second-order valence-electron chi connectivity index (χ2n) is 5.13. The number of hydrogen-bond donors (Lipinski definition) is 1. The maximum Gasteiger partial charge on any atom is 0.125 e. The van der Waals surface area contributed by atoms with Gasteiger partial charge in [-0.05, 0) is 24.7 Å². The number of rotatable bonds is 4. The first kappa shape index (κ1) is 12.2. The number of nitrogens with zero attached hydrogens (tertiary/aromatic N) is 1. The minimum absolute atomic E-state index is 0.430. The number of amidine groups is 1. The molecule has 1 aliphatic rings. The molecular formula is C15H22N2. The van der Waals surface area contributed by atoms with E-state index in [0.29, 0.717) is 11.3 Å². The first-order chi connectivity index (χ1) is 8.26. The van der Waals surface area contributed by atoms with Gasteiger partial charge in [0.2, 0.25) is 0 Å². The predicted molar refractivity (Wildman–Crippen MR) is 73.2 cm³/mol. The van der Waals surface area contributed by atoms with Crippen LogP contribution in [0.25, 0.3) is 0 Å². The molecule has 1 aromatic carbocycles. The summed E-state index contributed by atoms with van der Waals surface area (Å²) in [4.78, 5) is 4.61. The molecule has 17 heavy (non-hydrogen) atoms. The van der Waals surface area contributed by atoms with Crippen LogP contribution in [0, 0.1) is 5.41 Å². The first-order valence-electron chi connectivity index (χ1n) is 6.61. The van der Waals surface area contributed by atoms with Crippen molar-refractivity contribution in [3.8, 4) is 0 Å². The fourth-order valence-corrected chi connectivity index (χ4v) is 2.70. The Morgan fingerprint density at radius 3 is 2.47 bits per heavy atom. The van der Waals surface area contributed by atoms with E-state index in [-0.39, 0.29) is 0 Å². The molecule has 0 radical (unpaired) electrons. The molecule has 0 aliphatic heterocycles. The molecule has 1 fully saturated rings. The fourth-order valence-electron chi connectivity index (χ4n) is 2.70. The molecule has 0 saturated heterocycles. The lowest BCUT2D eigenvalue weighted by Gasteiger charge is -2.25. The summed E-state index contributed by atoms with van der Waals surface area (Å²) in [5, 5.41) is 0. The lowest BCUT2D eigenvalue weighted by atomic mass is 9.83. The molecule has 0 amide bonds. The van der Waals surface area contributed by atoms with E-state index in [2.05, 4.69) is 11.9 Å². The third kappa shape index (κ3) is 2.87. The second-order valence-corrected chi connectivity index (χ2v) is 5.13. The zero-order chi connectivity index (χ0) is 12.1. The standard InChI is InChI=1S/C15H22N2/c1-2-15(10-6-7-11-15)12-17-14(16)13-8-4-3-5-9-13/h3-5,8-9H,2,6-7,10-12H2,1H3,(H2,16,17). The van der Waals surface area contributed by atoms with Crippen LogP contribution in [-0.2, 0) is 0 Å². The smallest absolute Gasteiger partial charge is 0.125 e. The molecule has 0 unspecified atom stereocenters. The van der Waals surface area contributed by atoms with Gasteiger partial charge in [0.25, 0.3) is 0 Å². The van der Waals surface area contributed by atoms with Crippen molar-refractivity contribution in [2.45, 2.75) is 39.0 Å². The SMILES string of the molecule is CCC1(CN=C(N)c2ccccc2)CCCC1. The van der Waals surface area contributed by atoms with Crippen molar-refractivity contribution in [1.29, 1.82) is 0 Å². The molecule has 2 heteroatoms. The number of nitrogens with two attached hydrogens (primary N) is 1. The molecule has 1 aliphatic carbocycles. The van der Waals surface area contributed by atoms with Crippen molar-refractivity contribution in [2.75, 3.05) is 6.54 Å². The maximum absolute atomic E-state index is 6.04. The third-order valence-electron chi connectivity index (χ3n) is 4.07. The van der Waals surface area contributed by atoms with Gasteiger partial charge in [-0.1, -0.05) is 50.1 Å². The van der Waals surface area contributed by atoms with Gasteiger partial charge in [-0.2, -0.15) is 0 Å². The van der Waals surface area contributed by atoms with E-state index in [1.54, 1.807) is 0 Å². The summed E-state index contributed by atoms with van der Waals surface area (Å²) in [6.07, 6.45) is 6.56. The molecule has 0 spiro atoms. The summed E-state index contributed by atoms with van der Waals surface area (Å²) >= 11 is 0. The molecule has 0 aromatic heterocycles. The summed E-state index contributed by atoms with van der Waals surface area (Å²) in [5.74, 6) is 0.685. The van der Waals surface area contributed by atoms with Crippen LogP contribution in [0.3, 0.4) is 0 Å². The molecule has 2 N–H and O–H groups in total. The van der Waals surface area contributed by atoms with Gasteiger partial charge in [-0.25, -0.2) is 0 Å². The van der Waals surface area contributed by atoms with Gasteiger partial charge in [-0.3, -0.25) is 4.99 Å². The normalized spacial score (nSPS) is 19.5. The molecule has 2 nitrogen and oxygen atoms in total. The zero-order valence-electron chi connectivity index (χ0n) is 10.7. The van der Waals surface area contributed by atoms with E-state index in [4.69, 9.17) is 5.73 Å². The van der Waals surface area contributed by atoms with Crippen molar-refractivity contribution in [2.24, 2.45) is 16.1 Å². The Kier molecular flexibility index (Phi) is 3.82. The fraction of sp³-hybridized carbons (Fsp3) is 0.533. The van der Waals surface area contributed by atoms with Crippen LogP contribution in [-0.4, -0.2) is 12.4 Å². The van der Waals surface area contributed by atoms with Crippen LogP contribution in [0.15, 0.2) is 35.3 Å². The van der Waals surface area contributed by atoms with Crippen molar-refractivity contribution < 1.29 is 0 Å². The van der Waals surface area contributed by atoms with Crippen LogP contribution in [0.5, 0.6) is 0 Å². The van der Waals surface area contributed by atoms with Gasteiger partial charge in [0.05, 0.1) is 0 Å². The van der Waals surface area contributed by atoms with Crippen LogP contribution >= 0.6 is 0 Å². The Morgan fingerprint density at radius 2 is 1.88 bits per heavy atom. The van der Waals surface area contributed by atoms with Crippen molar-refractivity contribution in [3.63, 3.8) is 0 Å². The Hall–Kier alpha value is -1.31. The van der Waals surface area contributed by atoms with E-state index >= 15 is 0 Å². The Bertz CT molecular complexity index is 375. The third-order valence-corrected chi connectivity index (χ3v) is 4.07. The van der Waals surface area contributed by atoms with E-state index < -0.39 is 0 Å². The molecule has 1 saturated carbocycles. The first-order valence-corrected chi connectivity index (χ1v) is 6.61. The van der Waals surface area contributed by atoms with Gasteiger partial charge in [0.15, 0.2) is 0 Å². The van der Waals surface area contributed by atoms with Crippen molar-refractivity contribution in [1.82, 2.24) is 0 Å². The molecule has 92 valence electrons. The highest BCUT2D eigenvalue weighted by Gasteiger charge is 2.31. The van der Waals surface area contributed by atoms with Crippen LogP contribution in [0.4, 0.5) is 0 Å². The molecule has 2 rings (SSSR count). The number of benzene rings is 1. The predicted octanol–water partition coefficient (Wildman–Crippen LogP) is 3.36. The average molecular weight is 230 g/mol. The Balaban J connectivity index is 2.05. The summed E-state index contributed by atoms with van der Waals surface area (Å²) in [6.45, 7) is 3.17. The largest absolute Gasteiger partial charge is 0.384 e. The van der Waals surface area contributed by atoms with Crippen molar-refractivity contribution >= 4 is 5.84 Å². The molecule has 0 heterocycles. The second kappa shape index (κ2) is 5.35.